The smallest absolute Gasteiger partial charge is 0.274 e. The van der Waals surface area contributed by atoms with Crippen molar-refractivity contribution in [1.82, 2.24) is 10.5 Å². The van der Waals surface area contributed by atoms with Crippen molar-refractivity contribution >= 4 is 40.5 Å². The molecule has 1 amide bonds. The third-order valence-electron chi connectivity index (χ3n) is 4.85. The summed E-state index contributed by atoms with van der Waals surface area (Å²) in [6.07, 6.45) is 2.21. The minimum Gasteiger partial charge on any atom is -0.398 e. The number of anilines is 1. The molecule has 2 aromatic carbocycles. The van der Waals surface area contributed by atoms with Crippen LogP contribution in [0, 0.1) is 5.41 Å². The average molecular weight is 378 g/mol. The molecular weight excluding hydrogens is 360 g/mol. The molecule has 1 aliphatic heterocycles. The Balaban J connectivity index is 1.95. The van der Waals surface area contributed by atoms with Crippen molar-refractivity contribution in [1.29, 1.82) is 5.41 Å². The number of nitrogen functional groups attached to an aromatic ring is 1. The number of nitrogens with two attached hydrogens (primary N) is 1. The fourth-order valence-electron chi connectivity index (χ4n) is 3.53. The van der Waals surface area contributed by atoms with Crippen LogP contribution in [0.3, 0.4) is 0 Å². The van der Waals surface area contributed by atoms with E-state index in [4.69, 9.17) is 21.3 Å². The molecule has 0 saturated carbocycles. The van der Waals surface area contributed by atoms with Crippen molar-refractivity contribution in [3.05, 3.63) is 58.7 Å². The van der Waals surface area contributed by atoms with Gasteiger partial charge in [0, 0.05) is 39.7 Å². The molecule has 0 aliphatic carbocycles. The van der Waals surface area contributed by atoms with Crippen LogP contribution >= 0.6 is 11.8 Å². The summed E-state index contributed by atoms with van der Waals surface area (Å²) >= 11 is 1.86. The van der Waals surface area contributed by atoms with Crippen LogP contribution in [0.5, 0.6) is 0 Å². The molecule has 6 nitrogen and oxygen atoms in total. The zero-order valence-electron chi connectivity index (χ0n) is 14.5. The number of hydrogen-bond acceptors (Lipinski definition) is 6. The number of hydrogen-bond donors (Lipinski definition) is 4. The molecule has 0 spiro atoms. The van der Waals surface area contributed by atoms with Crippen LogP contribution in [0.2, 0.25) is 0 Å². The van der Waals surface area contributed by atoms with Gasteiger partial charge in [0.15, 0.2) is 0 Å². The molecule has 5 N–H and O–H groups in total. The topological polar surface area (TPSA) is 112 Å². The lowest BCUT2D eigenvalue weighted by atomic mass is 9.92. The fourth-order valence-corrected chi connectivity index (χ4v) is 4.54. The van der Waals surface area contributed by atoms with Gasteiger partial charge in [0.25, 0.3) is 5.91 Å². The number of rotatable bonds is 3. The predicted molar refractivity (Wildman–Crippen MR) is 109 cm³/mol. The van der Waals surface area contributed by atoms with Gasteiger partial charge in [-0.25, -0.2) is 10.5 Å². The molecule has 136 valence electrons. The summed E-state index contributed by atoms with van der Waals surface area (Å²) in [6, 6.07) is 10.7. The van der Waals surface area contributed by atoms with Crippen LogP contribution in [0.15, 0.2) is 36.4 Å². The van der Waals surface area contributed by atoms with Crippen LogP contribution in [-0.2, 0) is 12.2 Å². The van der Waals surface area contributed by atoms with Crippen molar-refractivity contribution in [3.8, 4) is 11.3 Å². The van der Waals surface area contributed by atoms with Gasteiger partial charge in [0.05, 0.1) is 11.2 Å². The summed E-state index contributed by atoms with van der Waals surface area (Å²) in [7, 11) is 0. The van der Waals surface area contributed by atoms with E-state index in [0.717, 1.165) is 51.2 Å². The number of amides is 1. The van der Waals surface area contributed by atoms with Gasteiger partial charge < -0.3 is 11.1 Å². The quantitative estimate of drug-likeness (QED) is 0.242. The second-order valence-electron chi connectivity index (χ2n) is 6.35. The second kappa shape index (κ2) is 7.02. The third-order valence-corrected chi connectivity index (χ3v) is 5.84. The number of aromatic nitrogens is 1. The molecule has 3 aromatic rings. The highest BCUT2D eigenvalue weighted by Gasteiger charge is 2.22. The van der Waals surface area contributed by atoms with E-state index in [0.29, 0.717) is 11.3 Å². The minimum absolute atomic E-state index is 0.379. The van der Waals surface area contributed by atoms with E-state index >= 15 is 0 Å². The number of nitrogens with zero attached hydrogens (tertiary/aromatic N) is 1. The van der Waals surface area contributed by atoms with Crippen LogP contribution in [0.4, 0.5) is 5.69 Å². The number of nitrogens with one attached hydrogen (secondary N) is 2. The van der Waals surface area contributed by atoms with Crippen LogP contribution in [0.25, 0.3) is 22.2 Å². The maximum atomic E-state index is 11.6. The van der Waals surface area contributed by atoms with Gasteiger partial charge in [-0.2, -0.15) is 11.8 Å². The van der Waals surface area contributed by atoms with Gasteiger partial charge in [-0.1, -0.05) is 12.1 Å². The number of pyridine rings is 1. The highest BCUT2D eigenvalue weighted by atomic mass is 32.2. The molecule has 0 saturated heterocycles. The van der Waals surface area contributed by atoms with Crippen LogP contribution < -0.4 is 11.2 Å². The summed E-state index contributed by atoms with van der Waals surface area (Å²) in [4.78, 5) is 16.4. The summed E-state index contributed by atoms with van der Waals surface area (Å²) in [5, 5.41) is 17.5. The molecule has 0 atom stereocenters. The highest BCUT2D eigenvalue weighted by molar-refractivity contribution is 7.98. The monoisotopic (exact) mass is 378 g/mol. The Morgan fingerprint density at radius 1 is 1.22 bits per heavy atom. The van der Waals surface area contributed by atoms with E-state index in [1.165, 1.54) is 11.8 Å². The summed E-state index contributed by atoms with van der Waals surface area (Å²) in [6.45, 7) is 0. The predicted octanol–water partition coefficient (Wildman–Crippen LogP) is 3.39. The van der Waals surface area contributed by atoms with E-state index in [-0.39, 0.29) is 0 Å². The Morgan fingerprint density at radius 3 is 2.70 bits per heavy atom. The van der Waals surface area contributed by atoms with E-state index in [9.17, 15) is 4.79 Å². The maximum Gasteiger partial charge on any atom is 0.274 e. The number of hydroxylamine groups is 1. The van der Waals surface area contributed by atoms with Crippen LogP contribution in [0.1, 0.15) is 27.0 Å². The molecule has 7 heteroatoms. The van der Waals surface area contributed by atoms with E-state index in [1.807, 2.05) is 30.0 Å². The Bertz CT molecular complexity index is 1060. The lowest BCUT2D eigenvalue weighted by molar-refractivity contribution is 0.0706. The summed E-state index contributed by atoms with van der Waals surface area (Å²) in [5.41, 5.74) is 14.4. The van der Waals surface area contributed by atoms with E-state index in [2.05, 4.69) is 0 Å². The minimum atomic E-state index is -0.545. The third kappa shape index (κ3) is 2.94. The first kappa shape index (κ1) is 17.5. The van der Waals surface area contributed by atoms with Crippen molar-refractivity contribution in [2.75, 3.05) is 11.5 Å². The average Bonchev–Trinajstić information content (AvgIpc) is 2.72. The molecule has 0 radical (unpaired) electrons. The number of thioether (sulfide) groups is 1. The molecule has 4 rings (SSSR count). The molecule has 27 heavy (non-hydrogen) atoms. The highest BCUT2D eigenvalue weighted by Crippen LogP contribution is 2.38. The van der Waals surface area contributed by atoms with Crippen molar-refractivity contribution < 1.29 is 10.0 Å². The number of benzene rings is 2. The Morgan fingerprint density at radius 2 is 2.00 bits per heavy atom. The first-order valence-electron chi connectivity index (χ1n) is 8.51. The lowest BCUT2D eigenvalue weighted by Crippen LogP contribution is -2.18. The number of aryl methyl sites for hydroxylation is 1. The molecule has 0 fully saturated rings. The largest absolute Gasteiger partial charge is 0.398 e. The fraction of sp³-hybridized carbons (Fsp3) is 0.150. The van der Waals surface area contributed by atoms with Gasteiger partial charge in [0.1, 0.15) is 0 Å². The normalized spacial score (nSPS) is 13.2. The van der Waals surface area contributed by atoms with Crippen molar-refractivity contribution in [2.45, 2.75) is 12.2 Å². The second-order valence-corrected chi connectivity index (χ2v) is 7.45. The van der Waals surface area contributed by atoms with E-state index < -0.39 is 5.91 Å². The molecular formula is C20H18N4O2S. The first-order chi connectivity index (χ1) is 13.1. The SMILES string of the molecule is N=Cc1c(N)ccc2nc(-c3ccc(C(=O)NO)cc3)c3c(c12)CCSC3. The Kier molecular flexibility index (Phi) is 4.55. The van der Waals surface area contributed by atoms with Crippen molar-refractivity contribution in [2.24, 2.45) is 0 Å². The molecule has 2 heterocycles. The van der Waals surface area contributed by atoms with E-state index in [1.54, 1.807) is 23.7 Å². The maximum absolute atomic E-state index is 11.6. The molecule has 0 bridgehead atoms. The van der Waals surface area contributed by atoms with Crippen molar-refractivity contribution in [3.63, 3.8) is 0 Å². The molecule has 1 aliphatic rings. The van der Waals surface area contributed by atoms with Gasteiger partial charge in [0.2, 0.25) is 0 Å². The van der Waals surface area contributed by atoms with Gasteiger partial charge in [-0.3, -0.25) is 10.0 Å². The molecule has 0 unspecified atom stereocenters. The Labute approximate surface area is 160 Å². The lowest BCUT2D eigenvalue weighted by Gasteiger charge is -2.22. The number of fused-ring (bicyclic) bond motifs is 3. The van der Waals surface area contributed by atoms with Gasteiger partial charge >= 0.3 is 0 Å². The summed E-state index contributed by atoms with van der Waals surface area (Å²) < 4.78 is 0. The zero-order valence-corrected chi connectivity index (χ0v) is 15.3. The standard InChI is InChI=1S/C20H18N4O2S/c21-9-14-16(22)5-6-17-18(14)13-7-8-27-10-15(13)19(23-17)11-1-3-12(4-2-11)20(25)24-26/h1-6,9,21,26H,7-8,10,22H2,(H,24,25). The van der Waals surface area contributed by atoms with Crippen LogP contribution in [-0.4, -0.2) is 28.1 Å². The number of carbonyl (C=O) groups is 1. The Hall–Kier alpha value is -2.90. The summed E-state index contributed by atoms with van der Waals surface area (Å²) in [5.74, 6) is 1.32. The molecule has 1 aromatic heterocycles. The zero-order chi connectivity index (χ0) is 19.0. The van der Waals surface area contributed by atoms with Gasteiger partial charge in [-0.15, -0.1) is 0 Å². The number of carbonyl (C=O) groups excluding carboxylic acids is 1. The van der Waals surface area contributed by atoms with Gasteiger partial charge in [-0.05, 0) is 47.6 Å². The first-order valence-corrected chi connectivity index (χ1v) is 9.66.